The van der Waals surface area contributed by atoms with E-state index in [0.29, 0.717) is 25.4 Å². The Hall–Kier alpha value is -2.48. The van der Waals surface area contributed by atoms with Gasteiger partial charge < -0.3 is 10.1 Å². The van der Waals surface area contributed by atoms with Gasteiger partial charge in [-0.15, -0.1) is 0 Å². The molecule has 1 aliphatic rings. The molecule has 5 nitrogen and oxygen atoms in total. The summed E-state index contributed by atoms with van der Waals surface area (Å²) in [5.74, 6) is -0.747. The van der Waals surface area contributed by atoms with Crippen LogP contribution in [-0.2, 0) is 21.3 Å². The van der Waals surface area contributed by atoms with Gasteiger partial charge in [-0.2, -0.15) is 4.31 Å². The van der Waals surface area contributed by atoms with Crippen LogP contribution < -0.4 is 5.32 Å². The molecular formula is C21H21FN2O3S. The van der Waals surface area contributed by atoms with E-state index in [1.807, 2.05) is 30.3 Å². The van der Waals surface area contributed by atoms with Gasteiger partial charge in [-0.3, -0.25) is 0 Å². The van der Waals surface area contributed by atoms with Gasteiger partial charge in [0.25, 0.3) is 0 Å². The molecule has 7 heteroatoms. The van der Waals surface area contributed by atoms with Crippen LogP contribution in [-0.4, -0.2) is 39.0 Å². The number of sulfonamides is 1. The largest absolute Gasteiger partial charge is 0.381 e. The Morgan fingerprint density at radius 1 is 0.964 bits per heavy atom. The molecule has 4 rings (SSSR count). The molecule has 0 unspecified atom stereocenters. The fraction of sp³-hybridized carbons (Fsp3) is 0.238. The van der Waals surface area contributed by atoms with Crippen LogP contribution in [0, 0.1) is 5.82 Å². The molecule has 0 aromatic heterocycles. The number of rotatable bonds is 5. The molecule has 3 aromatic carbocycles. The van der Waals surface area contributed by atoms with Crippen molar-refractivity contribution in [3.8, 4) is 0 Å². The van der Waals surface area contributed by atoms with Crippen LogP contribution in [0.4, 0.5) is 10.1 Å². The first-order valence-corrected chi connectivity index (χ1v) is 10.6. The van der Waals surface area contributed by atoms with Crippen LogP contribution in [0.2, 0.25) is 0 Å². The minimum absolute atomic E-state index is 0.233. The molecule has 0 bridgehead atoms. The fourth-order valence-electron chi connectivity index (χ4n) is 3.29. The Bertz CT molecular complexity index is 1100. The number of fused-ring (bicyclic) bond motifs is 1. The molecule has 1 fully saturated rings. The Kier molecular flexibility index (Phi) is 5.30. The zero-order valence-corrected chi connectivity index (χ0v) is 16.1. The van der Waals surface area contributed by atoms with E-state index in [0.717, 1.165) is 16.3 Å². The summed E-state index contributed by atoms with van der Waals surface area (Å²) in [6, 6.07) is 18.3. The first-order valence-electron chi connectivity index (χ1n) is 9.13. The first-order chi connectivity index (χ1) is 13.5. The molecule has 146 valence electrons. The van der Waals surface area contributed by atoms with E-state index in [4.69, 9.17) is 4.74 Å². The average molecular weight is 400 g/mol. The standard InChI is InChI=1S/C21H21FN2O3S/c22-20-8-7-19(14-21(20)28(25,26)24-9-11-27-12-10-24)23-15-16-5-6-17-3-1-2-4-18(17)13-16/h1-8,13-14,23H,9-12,15H2. The Labute approximate surface area is 163 Å². The second-order valence-electron chi connectivity index (χ2n) is 6.70. The second kappa shape index (κ2) is 7.87. The number of halogens is 1. The lowest BCUT2D eigenvalue weighted by atomic mass is 10.1. The highest BCUT2D eigenvalue weighted by atomic mass is 32.2. The summed E-state index contributed by atoms with van der Waals surface area (Å²) in [7, 11) is -3.89. The van der Waals surface area contributed by atoms with Crippen molar-refractivity contribution < 1.29 is 17.5 Å². The normalized spacial score (nSPS) is 15.6. The average Bonchev–Trinajstić information content (AvgIpc) is 2.73. The van der Waals surface area contributed by atoms with Crippen molar-refractivity contribution in [2.45, 2.75) is 11.4 Å². The summed E-state index contributed by atoms with van der Waals surface area (Å²) in [5, 5.41) is 5.49. The molecule has 3 aromatic rings. The summed E-state index contributed by atoms with van der Waals surface area (Å²) >= 11 is 0. The van der Waals surface area contributed by atoms with Gasteiger partial charge in [-0.05, 0) is 40.6 Å². The predicted molar refractivity (Wildman–Crippen MR) is 107 cm³/mol. The highest BCUT2D eigenvalue weighted by molar-refractivity contribution is 7.89. The van der Waals surface area contributed by atoms with Gasteiger partial charge >= 0.3 is 0 Å². The highest BCUT2D eigenvalue weighted by Gasteiger charge is 2.29. The summed E-state index contributed by atoms with van der Waals surface area (Å²) in [4.78, 5) is -0.307. The topological polar surface area (TPSA) is 58.6 Å². The Balaban J connectivity index is 1.54. The minimum atomic E-state index is -3.89. The summed E-state index contributed by atoms with van der Waals surface area (Å²) in [6.07, 6.45) is 0. The van der Waals surface area contributed by atoms with Crippen molar-refractivity contribution in [1.29, 1.82) is 0 Å². The molecule has 0 spiro atoms. The number of ether oxygens (including phenoxy) is 1. The monoisotopic (exact) mass is 400 g/mol. The Morgan fingerprint density at radius 3 is 2.50 bits per heavy atom. The van der Waals surface area contributed by atoms with Gasteiger partial charge in [0.15, 0.2) is 0 Å². The number of anilines is 1. The van der Waals surface area contributed by atoms with Crippen LogP contribution in [0.3, 0.4) is 0 Å². The van der Waals surface area contributed by atoms with E-state index in [2.05, 4.69) is 17.4 Å². The molecule has 1 aliphatic heterocycles. The van der Waals surface area contributed by atoms with Crippen LogP contribution in [0.25, 0.3) is 10.8 Å². The van der Waals surface area contributed by atoms with Crippen molar-refractivity contribution in [1.82, 2.24) is 4.31 Å². The number of nitrogens with one attached hydrogen (secondary N) is 1. The third-order valence-electron chi connectivity index (χ3n) is 4.83. The summed E-state index contributed by atoms with van der Waals surface area (Å²) < 4.78 is 46.3. The fourth-order valence-corrected chi connectivity index (χ4v) is 4.79. The van der Waals surface area contributed by atoms with Crippen LogP contribution in [0.15, 0.2) is 65.6 Å². The van der Waals surface area contributed by atoms with Crippen molar-refractivity contribution in [2.75, 3.05) is 31.6 Å². The van der Waals surface area contributed by atoms with Crippen molar-refractivity contribution in [3.63, 3.8) is 0 Å². The van der Waals surface area contributed by atoms with Gasteiger partial charge in [0.05, 0.1) is 13.2 Å². The summed E-state index contributed by atoms with van der Waals surface area (Å²) in [5.41, 5.74) is 1.61. The summed E-state index contributed by atoms with van der Waals surface area (Å²) in [6.45, 7) is 1.61. The van der Waals surface area contributed by atoms with Crippen molar-refractivity contribution in [2.24, 2.45) is 0 Å². The van der Waals surface area contributed by atoms with Crippen molar-refractivity contribution >= 4 is 26.5 Å². The number of benzene rings is 3. The van der Waals surface area contributed by atoms with Gasteiger partial charge in [0.1, 0.15) is 10.7 Å². The van der Waals surface area contributed by atoms with E-state index in [9.17, 15) is 12.8 Å². The van der Waals surface area contributed by atoms with E-state index >= 15 is 0 Å². The number of hydrogen-bond acceptors (Lipinski definition) is 4. The third-order valence-corrected chi connectivity index (χ3v) is 6.74. The molecule has 0 radical (unpaired) electrons. The molecule has 0 atom stereocenters. The van der Waals surface area contributed by atoms with Gasteiger partial charge in [0.2, 0.25) is 10.0 Å². The smallest absolute Gasteiger partial charge is 0.246 e. The molecule has 0 aliphatic carbocycles. The quantitative estimate of drug-likeness (QED) is 0.711. The van der Waals surface area contributed by atoms with Crippen molar-refractivity contribution in [3.05, 3.63) is 72.0 Å². The maximum absolute atomic E-state index is 14.3. The second-order valence-corrected chi connectivity index (χ2v) is 8.60. The van der Waals surface area contributed by atoms with E-state index in [1.165, 1.54) is 16.4 Å². The van der Waals surface area contributed by atoms with Gasteiger partial charge in [0, 0.05) is 25.3 Å². The number of morpholine rings is 1. The lowest BCUT2D eigenvalue weighted by Gasteiger charge is -2.26. The zero-order chi connectivity index (χ0) is 19.6. The molecule has 28 heavy (non-hydrogen) atoms. The maximum atomic E-state index is 14.3. The van der Waals surface area contributed by atoms with Crippen LogP contribution in [0.5, 0.6) is 0 Å². The molecular weight excluding hydrogens is 379 g/mol. The highest BCUT2D eigenvalue weighted by Crippen LogP contribution is 2.24. The molecule has 1 saturated heterocycles. The van der Waals surface area contributed by atoms with Gasteiger partial charge in [-0.25, -0.2) is 12.8 Å². The third kappa shape index (κ3) is 3.87. The zero-order valence-electron chi connectivity index (χ0n) is 15.3. The van der Waals surface area contributed by atoms with E-state index in [-0.39, 0.29) is 18.0 Å². The lowest BCUT2D eigenvalue weighted by molar-refractivity contribution is 0.0729. The number of hydrogen-bond donors (Lipinski definition) is 1. The lowest BCUT2D eigenvalue weighted by Crippen LogP contribution is -2.40. The molecule has 0 amide bonds. The van der Waals surface area contributed by atoms with Crippen LogP contribution in [0.1, 0.15) is 5.56 Å². The predicted octanol–water partition coefficient (Wildman–Crippen LogP) is 3.61. The van der Waals surface area contributed by atoms with Crippen LogP contribution >= 0.6 is 0 Å². The molecule has 0 saturated carbocycles. The van der Waals surface area contributed by atoms with E-state index in [1.54, 1.807) is 6.07 Å². The first kappa shape index (κ1) is 18.9. The molecule has 1 N–H and O–H groups in total. The maximum Gasteiger partial charge on any atom is 0.246 e. The Morgan fingerprint density at radius 2 is 1.71 bits per heavy atom. The number of nitrogens with zero attached hydrogens (tertiary/aromatic N) is 1. The SMILES string of the molecule is O=S(=O)(c1cc(NCc2ccc3ccccc3c2)ccc1F)N1CCOCC1. The minimum Gasteiger partial charge on any atom is -0.381 e. The molecule has 1 heterocycles. The van der Waals surface area contributed by atoms with Gasteiger partial charge in [-0.1, -0.05) is 36.4 Å². The van der Waals surface area contributed by atoms with E-state index < -0.39 is 15.8 Å².